The molecule has 27 heavy (non-hydrogen) atoms. The lowest BCUT2D eigenvalue weighted by Crippen LogP contribution is -2.36. The summed E-state index contributed by atoms with van der Waals surface area (Å²) in [5.74, 6) is 0.546. The van der Waals surface area contributed by atoms with Gasteiger partial charge in [-0.15, -0.1) is 10.2 Å². The molecule has 8 heteroatoms. The number of hydrogen-bond acceptors (Lipinski definition) is 6. The molecule has 3 aromatic rings. The van der Waals surface area contributed by atoms with Crippen molar-refractivity contribution < 1.29 is 12.8 Å². The Balaban J connectivity index is 1.88. The largest absolute Gasteiger partial charge is 0.419 e. The first-order chi connectivity index (χ1) is 12.9. The van der Waals surface area contributed by atoms with E-state index in [1.807, 2.05) is 36.4 Å². The van der Waals surface area contributed by atoms with Crippen molar-refractivity contribution in [2.75, 3.05) is 0 Å². The average Bonchev–Trinajstić information content (AvgIpc) is 3.15. The predicted octanol–water partition coefficient (Wildman–Crippen LogP) is 3.21. The molecule has 3 rings (SSSR count). The van der Waals surface area contributed by atoms with E-state index >= 15 is 0 Å². The van der Waals surface area contributed by atoms with E-state index in [0.717, 1.165) is 5.56 Å². The van der Waals surface area contributed by atoms with E-state index in [1.54, 1.807) is 13.8 Å². The Morgan fingerprint density at radius 2 is 1.74 bits per heavy atom. The van der Waals surface area contributed by atoms with Crippen molar-refractivity contribution in [2.24, 2.45) is 0 Å². The molecule has 0 aliphatic carbocycles. The van der Waals surface area contributed by atoms with Gasteiger partial charge in [0, 0.05) is 11.6 Å². The van der Waals surface area contributed by atoms with E-state index in [-0.39, 0.29) is 23.4 Å². The van der Waals surface area contributed by atoms with Crippen LogP contribution >= 0.6 is 0 Å². The monoisotopic (exact) mass is 382 g/mol. The zero-order valence-corrected chi connectivity index (χ0v) is 15.7. The number of rotatable bonds is 6. The van der Waals surface area contributed by atoms with Crippen LogP contribution in [0.4, 0.5) is 0 Å². The van der Waals surface area contributed by atoms with Gasteiger partial charge in [0.2, 0.25) is 21.8 Å². The molecule has 0 aliphatic rings. The Bertz CT molecular complexity index is 1050. The topological polar surface area (TPSA) is 100 Å². The fourth-order valence-electron chi connectivity index (χ4n) is 2.53. The van der Waals surface area contributed by atoms with Crippen molar-refractivity contribution in [3.05, 3.63) is 66.1 Å². The van der Waals surface area contributed by atoms with Gasteiger partial charge in [-0.05, 0) is 50.2 Å². The first-order valence-electron chi connectivity index (χ1n) is 8.31. The normalized spacial score (nSPS) is 11.7. The Morgan fingerprint density at radius 1 is 1.07 bits per heavy atom. The van der Waals surface area contributed by atoms with E-state index in [9.17, 15) is 8.42 Å². The van der Waals surface area contributed by atoms with Crippen LogP contribution in [0.5, 0.6) is 0 Å². The van der Waals surface area contributed by atoms with E-state index in [4.69, 9.17) is 9.68 Å². The van der Waals surface area contributed by atoms with Crippen LogP contribution in [0.2, 0.25) is 0 Å². The molecule has 7 nitrogen and oxygen atoms in total. The molecule has 0 atom stereocenters. The third-order valence-corrected chi connectivity index (χ3v) is 5.98. The lowest BCUT2D eigenvalue weighted by molar-refractivity contribution is 0.313. The van der Waals surface area contributed by atoms with Crippen LogP contribution in [0.3, 0.4) is 0 Å². The number of benzene rings is 2. The number of hydrogen-bond donors (Lipinski definition) is 0. The Morgan fingerprint density at radius 3 is 2.33 bits per heavy atom. The third-order valence-electron chi connectivity index (χ3n) is 3.94. The molecule has 0 spiro atoms. The Hall–Kier alpha value is -3.02. The first-order valence-corrected chi connectivity index (χ1v) is 9.75. The van der Waals surface area contributed by atoms with Crippen molar-refractivity contribution in [1.29, 1.82) is 5.26 Å². The van der Waals surface area contributed by atoms with Crippen LogP contribution in [0.25, 0.3) is 11.5 Å². The SMILES string of the molecule is CC(C)N(Cc1nnc(-c2ccccc2)o1)S(=O)(=O)c1ccc(C#N)cc1. The average molecular weight is 382 g/mol. The minimum absolute atomic E-state index is 0.0418. The molecule has 1 heterocycles. The summed E-state index contributed by atoms with van der Waals surface area (Å²) >= 11 is 0. The molecule has 0 unspecified atom stereocenters. The molecule has 0 amide bonds. The van der Waals surface area contributed by atoms with Gasteiger partial charge in [0.25, 0.3) is 0 Å². The maximum Gasteiger partial charge on any atom is 0.247 e. The van der Waals surface area contributed by atoms with Gasteiger partial charge in [-0.1, -0.05) is 18.2 Å². The number of aromatic nitrogens is 2. The highest BCUT2D eigenvalue weighted by molar-refractivity contribution is 7.89. The van der Waals surface area contributed by atoms with Gasteiger partial charge in [0.15, 0.2) is 0 Å². The standard InChI is InChI=1S/C19H18N4O3S/c1-14(2)23(27(24,25)17-10-8-15(12-20)9-11-17)13-18-21-22-19(26-18)16-6-4-3-5-7-16/h3-11,14H,13H2,1-2H3. The van der Waals surface area contributed by atoms with E-state index in [1.165, 1.54) is 28.6 Å². The van der Waals surface area contributed by atoms with Crippen molar-refractivity contribution in [1.82, 2.24) is 14.5 Å². The number of sulfonamides is 1. The summed E-state index contributed by atoms with van der Waals surface area (Å²) in [7, 11) is -3.78. The highest BCUT2D eigenvalue weighted by Gasteiger charge is 2.29. The molecule has 0 saturated carbocycles. The van der Waals surface area contributed by atoms with Gasteiger partial charge >= 0.3 is 0 Å². The molecule has 0 bridgehead atoms. The van der Waals surface area contributed by atoms with E-state index in [2.05, 4.69) is 10.2 Å². The molecule has 0 radical (unpaired) electrons. The molecular formula is C19H18N4O3S. The zero-order chi connectivity index (χ0) is 19.4. The van der Waals surface area contributed by atoms with Crippen LogP contribution in [-0.2, 0) is 16.6 Å². The summed E-state index contributed by atoms with van der Waals surface area (Å²) in [6.45, 7) is 3.51. The van der Waals surface area contributed by atoms with E-state index < -0.39 is 10.0 Å². The summed E-state index contributed by atoms with van der Waals surface area (Å²) in [4.78, 5) is 0.109. The minimum Gasteiger partial charge on any atom is -0.419 e. The second-order valence-electron chi connectivity index (χ2n) is 6.15. The fraction of sp³-hybridized carbons (Fsp3) is 0.211. The molecule has 1 aromatic heterocycles. The van der Waals surface area contributed by atoms with Gasteiger partial charge in [-0.25, -0.2) is 8.42 Å². The van der Waals surface area contributed by atoms with Crippen LogP contribution in [0.15, 0.2) is 63.9 Å². The Kier molecular flexibility index (Phi) is 5.35. The van der Waals surface area contributed by atoms with Crippen LogP contribution < -0.4 is 0 Å². The zero-order valence-electron chi connectivity index (χ0n) is 14.9. The van der Waals surface area contributed by atoms with Crippen molar-refractivity contribution in [3.63, 3.8) is 0 Å². The predicted molar refractivity (Wildman–Crippen MR) is 98.8 cm³/mol. The van der Waals surface area contributed by atoms with Gasteiger partial charge in [-0.3, -0.25) is 0 Å². The second kappa shape index (κ2) is 7.70. The summed E-state index contributed by atoms with van der Waals surface area (Å²) in [5.41, 5.74) is 1.16. The summed E-state index contributed by atoms with van der Waals surface area (Å²) in [5, 5.41) is 16.9. The maximum absolute atomic E-state index is 13.0. The summed E-state index contributed by atoms with van der Waals surface area (Å²) < 4.78 is 33.0. The Labute approximate surface area is 157 Å². The van der Waals surface area contributed by atoms with Gasteiger partial charge < -0.3 is 4.42 Å². The first kappa shape index (κ1) is 18.8. The fourth-order valence-corrected chi connectivity index (χ4v) is 4.12. The van der Waals surface area contributed by atoms with Crippen LogP contribution in [0, 0.1) is 11.3 Å². The highest BCUT2D eigenvalue weighted by Crippen LogP contribution is 2.23. The molecule has 0 saturated heterocycles. The quantitative estimate of drug-likeness (QED) is 0.649. The summed E-state index contributed by atoms with van der Waals surface area (Å²) in [6, 6.07) is 16.7. The number of nitrogens with zero attached hydrogens (tertiary/aromatic N) is 4. The molecule has 0 fully saturated rings. The van der Waals surface area contributed by atoms with Crippen LogP contribution in [0.1, 0.15) is 25.3 Å². The molecule has 0 N–H and O–H groups in total. The highest BCUT2D eigenvalue weighted by atomic mass is 32.2. The van der Waals surface area contributed by atoms with Gasteiger partial charge in [0.1, 0.15) is 0 Å². The molecule has 2 aromatic carbocycles. The van der Waals surface area contributed by atoms with Crippen molar-refractivity contribution in [3.8, 4) is 17.5 Å². The molecular weight excluding hydrogens is 364 g/mol. The summed E-state index contributed by atoms with van der Waals surface area (Å²) in [6.07, 6.45) is 0. The number of nitriles is 1. The maximum atomic E-state index is 13.0. The lowest BCUT2D eigenvalue weighted by atomic mass is 10.2. The molecule has 0 aliphatic heterocycles. The smallest absolute Gasteiger partial charge is 0.247 e. The van der Waals surface area contributed by atoms with Crippen molar-refractivity contribution >= 4 is 10.0 Å². The minimum atomic E-state index is -3.78. The van der Waals surface area contributed by atoms with Crippen LogP contribution in [-0.4, -0.2) is 29.0 Å². The van der Waals surface area contributed by atoms with Gasteiger partial charge in [0.05, 0.1) is 23.1 Å². The van der Waals surface area contributed by atoms with Gasteiger partial charge in [-0.2, -0.15) is 9.57 Å². The third kappa shape index (κ3) is 4.05. The lowest BCUT2D eigenvalue weighted by Gasteiger charge is -2.24. The van der Waals surface area contributed by atoms with Crippen molar-refractivity contribution in [2.45, 2.75) is 31.3 Å². The molecule has 138 valence electrons. The van der Waals surface area contributed by atoms with E-state index in [0.29, 0.717) is 11.5 Å². The second-order valence-corrected chi connectivity index (χ2v) is 8.04.